The summed E-state index contributed by atoms with van der Waals surface area (Å²) in [6.07, 6.45) is 7.69. The summed E-state index contributed by atoms with van der Waals surface area (Å²) in [4.78, 5) is 4.53. The molecule has 0 fully saturated rings. The van der Waals surface area contributed by atoms with Gasteiger partial charge in [0.25, 0.3) is 0 Å². The lowest BCUT2D eigenvalue weighted by atomic mass is 10.2. The highest BCUT2D eigenvalue weighted by atomic mass is 16.3. The predicted molar refractivity (Wildman–Crippen MR) is 103 cm³/mol. The molecule has 0 aliphatic heterocycles. The Hall–Kier alpha value is -3.33. The molecular weight excluding hydrogens is 308 g/mol. The monoisotopic (exact) mass is 324 g/mol. The molecule has 0 amide bonds. The van der Waals surface area contributed by atoms with E-state index in [-0.39, 0.29) is 0 Å². The quantitative estimate of drug-likeness (QED) is 0.401. The average molecular weight is 324 g/mol. The Bertz CT molecular complexity index is 1200. The van der Waals surface area contributed by atoms with Crippen molar-refractivity contribution in [3.05, 3.63) is 78.7 Å². The highest BCUT2D eigenvalue weighted by molar-refractivity contribution is 6.09. The SMILES string of the molecule is C/C=C\c1coc2ncc(-n3c4ccccc4c4ccccc43)cc12. The number of pyridine rings is 1. The molecule has 3 heterocycles. The fraction of sp³-hybridized carbons (Fsp3) is 0.0455. The van der Waals surface area contributed by atoms with E-state index in [1.807, 2.05) is 25.3 Å². The molecule has 5 aromatic rings. The molecule has 2 aromatic carbocycles. The molecule has 0 radical (unpaired) electrons. The number of allylic oxidation sites excluding steroid dienone is 1. The van der Waals surface area contributed by atoms with Crippen LogP contribution in [0.2, 0.25) is 0 Å². The van der Waals surface area contributed by atoms with Gasteiger partial charge in [-0.1, -0.05) is 48.6 Å². The van der Waals surface area contributed by atoms with Crippen molar-refractivity contribution in [1.82, 2.24) is 9.55 Å². The lowest BCUT2D eigenvalue weighted by molar-refractivity contribution is 0.602. The van der Waals surface area contributed by atoms with Gasteiger partial charge in [-0.25, -0.2) is 4.98 Å². The van der Waals surface area contributed by atoms with Crippen molar-refractivity contribution >= 4 is 39.0 Å². The second-order valence-electron chi connectivity index (χ2n) is 6.11. The zero-order valence-corrected chi connectivity index (χ0v) is 13.8. The third-order valence-corrected chi connectivity index (χ3v) is 4.63. The van der Waals surface area contributed by atoms with E-state index in [0.29, 0.717) is 5.71 Å². The van der Waals surface area contributed by atoms with E-state index >= 15 is 0 Å². The Kier molecular flexibility index (Phi) is 3.01. The van der Waals surface area contributed by atoms with Crippen LogP contribution in [0.1, 0.15) is 12.5 Å². The zero-order chi connectivity index (χ0) is 16.8. The smallest absolute Gasteiger partial charge is 0.226 e. The fourth-order valence-corrected chi connectivity index (χ4v) is 3.56. The second kappa shape index (κ2) is 5.35. The number of benzene rings is 2. The molecule has 0 atom stereocenters. The van der Waals surface area contributed by atoms with Crippen molar-refractivity contribution in [3.8, 4) is 5.69 Å². The van der Waals surface area contributed by atoms with E-state index in [1.165, 1.54) is 21.8 Å². The van der Waals surface area contributed by atoms with Crippen LogP contribution in [0.4, 0.5) is 0 Å². The highest BCUT2D eigenvalue weighted by Gasteiger charge is 2.13. The Morgan fingerprint density at radius 3 is 2.28 bits per heavy atom. The number of hydrogen-bond acceptors (Lipinski definition) is 2. The molecule has 25 heavy (non-hydrogen) atoms. The molecule has 3 heteroatoms. The van der Waals surface area contributed by atoms with E-state index in [1.54, 1.807) is 6.26 Å². The summed E-state index contributed by atoms with van der Waals surface area (Å²) in [5.41, 5.74) is 5.11. The Labute approximate surface area is 144 Å². The number of furan rings is 1. The molecule has 0 saturated heterocycles. The van der Waals surface area contributed by atoms with Crippen LogP contribution in [0.3, 0.4) is 0 Å². The van der Waals surface area contributed by atoms with Crippen LogP contribution < -0.4 is 0 Å². The first-order valence-corrected chi connectivity index (χ1v) is 8.35. The first-order chi connectivity index (χ1) is 12.4. The van der Waals surface area contributed by atoms with Crippen LogP contribution in [0.15, 0.2) is 77.6 Å². The summed E-state index contributed by atoms with van der Waals surface area (Å²) in [5, 5.41) is 3.52. The fourth-order valence-electron chi connectivity index (χ4n) is 3.56. The van der Waals surface area contributed by atoms with Gasteiger partial charge in [-0.05, 0) is 25.1 Å². The molecule has 5 rings (SSSR count). The molecule has 3 aromatic heterocycles. The van der Waals surface area contributed by atoms with Crippen LogP contribution in [0.25, 0.3) is 44.7 Å². The maximum Gasteiger partial charge on any atom is 0.226 e. The van der Waals surface area contributed by atoms with Gasteiger partial charge in [0.15, 0.2) is 0 Å². The van der Waals surface area contributed by atoms with Gasteiger partial charge in [-0.15, -0.1) is 0 Å². The number of para-hydroxylation sites is 2. The minimum Gasteiger partial charge on any atom is -0.445 e. The summed E-state index contributed by atoms with van der Waals surface area (Å²) in [6.45, 7) is 2.00. The summed E-state index contributed by atoms with van der Waals surface area (Å²) in [5.74, 6) is 0. The molecule has 0 N–H and O–H groups in total. The predicted octanol–water partition coefficient (Wildman–Crippen LogP) is 5.96. The third-order valence-electron chi connectivity index (χ3n) is 4.63. The number of rotatable bonds is 2. The van der Waals surface area contributed by atoms with Crippen LogP contribution in [-0.4, -0.2) is 9.55 Å². The van der Waals surface area contributed by atoms with Gasteiger partial charge in [-0.2, -0.15) is 0 Å². The molecule has 0 aliphatic rings. The largest absolute Gasteiger partial charge is 0.445 e. The van der Waals surface area contributed by atoms with Crippen LogP contribution in [-0.2, 0) is 0 Å². The van der Waals surface area contributed by atoms with Crippen LogP contribution in [0.5, 0.6) is 0 Å². The summed E-state index contributed by atoms with van der Waals surface area (Å²) in [6, 6.07) is 19.1. The maximum atomic E-state index is 5.58. The van der Waals surface area contributed by atoms with Gasteiger partial charge >= 0.3 is 0 Å². The normalized spacial score (nSPS) is 12.0. The maximum absolute atomic E-state index is 5.58. The zero-order valence-electron chi connectivity index (χ0n) is 13.8. The summed E-state index contributed by atoms with van der Waals surface area (Å²) < 4.78 is 7.84. The lowest BCUT2D eigenvalue weighted by Crippen LogP contribution is -1.94. The minimum absolute atomic E-state index is 0.664. The first-order valence-electron chi connectivity index (χ1n) is 8.35. The summed E-state index contributed by atoms with van der Waals surface area (Å²) in [7, 11) is 0. The Morgan fingerprint density at radius 2 is 1.60 bits per heavy atom. The number of aromatic nitrogens is 2. The molecule has 120 valence electrons. The van der Waals surface area contributed by atoms with Crippen molar-refractivity contribution < 1.29 is 4.42 Å². The van der Waals surface area contributed by atoms with E-state index in [9.17, 15) is 0 Å². The van der Waals surface area contributed by atoms with Crippen molar-refractivity contribution in [3.63, 3.8) is 0 Å². The van der Waals surface area contributed by atoms with Gasteiger partial charge in [0.2, 0.25) is 5.71 Å². The van der Waals surface area contributed by atoms with Crippen molar-refractivity contribution in [2.45, 2.75) is 6.92 Å². The number of nitrogens with zero attached hydrogens (tertiary/aromatic N) is 2. The van der Waals surface area contributed by atoms with Gasteiger partial charge in [0.05, 0.1) is 22.9 Å². The molecule has 0 unspecified atom stereocenters. The van der Waals surface area contributed by atoms with Crippen molar-refractivity contribution in [2.75, 3.05) is 0 Å². The lowest BCUT2D eigenvalue weighted by Gasteiger charge is -2.07. The van der Waals surface area contributed by atoms with Gasteiger partial charge in [-0.3, -0.25) is 0 Å². The molecule has 0 aliphatic carbocycles. The number of hydrogen-bond donors (Lipinski definition) is 0. The standard InChI is InChI=1S/C22H16N2O/c1-2-7-15-14-25-22-19(15)12-16(13-23-22)24-20-10-5-3-8-17(20)18-9-4-6-11-21(18)24/h2-14H,1H3/b7-2-. The van der Waals surface area contributed by atoms with Gasteiger partial charge in [0.1, 0.15) is 6.26 Å². The molecule has 0 bridgehead atoms. The second-order valence-corrected chi connectivity index (χ2v) is 6.11. The topological polar surface area (TPSA) is 31.0 Å². The van der Waals surface area contributed by atoms with E-state index in [0.717, 1.165) is 16.6 Å². The Balaban J connectivity index is 1.88. The number of fused-ring (bicyclic) bond motifs is 4. The average Bonchev–Trinajstić information content (AvgIpc) is 3.21. The first kappa shape index (κ1) is 14.1. The molecular formula is C22H16N2O. The van der Waals surface area contributed by atoms with Crippen molar-refractivity contribution in [2.24, 2.45) is 0 Å². The molecule has 3 nitrogen and oxygen atoms in total. The van der Waals surface area contributed by atoms with Crippen molar-refractivity contribution in [1.29, 1.82) is 0 Å². The summed E-state index contributed by atoms with van der Waals surface area (Å²) >= 11 is 0. The minimum atomic E-state index is 0.664. The van der Waals surface area contributed by atoms with E-state index < -0.39 is 0 Å². The van der Waals surface area contributed by atoms with E-state index in [4.69, 9.17) is 4.42 Å². The van der Waals surface area contributed by atoms with Gasteiger partial charge < -0.3 is 8.98 Å². The van der Waals surface area contributed by atoms with Crippen LogP contribution in [0, 0.1) is 0 Å². The highest BCUT2D eigenvalue weighted by Crippen LogP contribution is 2.33. The van der Waals surface area contributed by atoms with Crippen LogP contribution >= 0.6 is 0 Å². The van der Waals surface area contributed by atoms with E-state index in [2.05, 4.69) is 64.1 Å². The van der Waals surface area contributed by atoms with Gasteiger partial charge in [0, 0.05) is 21.7 Å². The third kappa shape index (κ3) is 2.02. The molecule has 0 saturated carbocycles. The molecule has 0 spiro atoms. The Morgan fingerprint density at radius 1 is 0.920 bits per heavy atom.